The van der Waals surface area contributed by atoms with E-state index in [-0.39, 0.29) is 0 Å². The molecule has 0 radical (unpaired) electrons. The minimum Gasteiger partial charge on any atom is -0.314 e. The highest BCUT2D eigenvalue weighted by atomic mass is 14.9. The minimum atomic E-state index is 0.588. The lowest BCUT2D eigenvalue weighted by Crippen LogP contribution is -2.36. The molecule has 16 heavy (non-hydrogen) atoms. The summed E-state index contributed by atoms with van der Waals surface area (Å²) in [5.41, 5.74) is 4.36. The molecule has 0 saturated carbocycles. The Bertz CT molecular complexity index is 308. The molecule has 1 rings (SSSR count). The molecule has 1 unspecified atom stereocenters. The Morgan fingerprint density at radius 3 is 2.12 bits per heavy atom. The van der Waals surface area contributed by atoms with Crippen LogP contribution in [0.4, 0.5) is 0 Å². The highest BCUT2D eigenvalue weighted by Crippen LogP contribution is 2.18. The minimum absolute atomic E-state index is 0.588. The molecule has 1 atom stereocenters. The molecule has 1 heteroatoms. The predicted molar refractivity (Wildman–Crippen MR) is 71.9 cm³/mol. The van der Waals surface area contributed by atoms with Gasteiger partial charge < -0.3 is 5.32 Å². The SMILES string of the molecule is CCNC(Cc1c(C)cccc1C)C(C)C. The number of hydrogen-bond donors (Lipinski definition) is 1. The predicted octanol–water partition coefficient (Wildman–Crippen LogP) is 3.48. The first kappa shape index (κ1) is 13.2. The molecular weight excluding hydrogens is 194 g/mol. The maximum absolute atomic E-state index is 3.58. The molecule has 1 nitrogen and oxygen atoms in total. The second kappa shape index (κ2) is 6.05. The summed E-state index contributed by atoms with van der Waals surface area (Å²) in [5.74, 6) is 0.680. The molecule has 0 heterocycles. The summed E-state index contributed by atoms with van der Waals surface area (Å²) in [5, 5.41) is 3.58. The zero-order valence-corrected chi connectivity index (χ0v) is 11.3. The van der Waals surface area contributed by atoms with Gasteiger partial charge in [-0.3, -0.25) is 0 Å². The number of hydrogen-bond acceptors (Lipinski definition) is 1. The molecule has 1 aromatic carbocycles. The average molecular weight is 219 g/mol. The maximum Gasteiger partial charge on any atom is 0.0130 e. The van der Waals surface area contributed by atoms with Gasteiger partial charge in [0, 0.05) is 6.04 Å². The molecule has 0 aromatic heterocycles. The number of likely N-dealkylation sites (N-methyl/N-ethyl adjacent to an activating group) is 1. The van der Waals surface area contributed by atoms with Gasteiger partial charge in [-0.05, 0) is 49.4 Å². The van der Waals surface area contributed by atoms with E-state index in [1.165, 1.54) is 16.7 Å². The molecule has 0 bridgehead atoms. The van der Waals surface area contributed by atoms with E-state index < -0.39 is 0 Å². The molecule has 0 fully saturated rings. The smallest absolute Gasteiger partial charge is 0.0130 e. The van der Waals surface area contributed by atoms with Crippen LogP contribution in [0, 0.1) is 19.8 Å². The number of aryl methyl sites for hydroxylation is 2. The van der Waals surface area contributed by atoms with Gasteiger partial charge in [-0.2, -0.15) is 0 Å². The van der Waals surface area contributed by atoms with Crippen molar-refractivity contribution in [2.45, 2.75) is 47.1 Å². The van der Waals surface area contributed by atoms with Crippen molar-refractivity contribution < 1.29 is 0 Å². The highest BCUT2D eigenvalue weighted by Gasteiger charge is 2.14. The molecular formula is C15H25N. The van der Waals surface area contributed by atoms with E-state index >= 15 is 0 Å². The van der Waals surface area contributed by atoms with Crippen molar-refractivity contribution in [3.63, 3.8) is 0 Å². The summed E-state index contributed by atoms with van der Waals surface area (Å²) in [6.07, 6.45) is 1.14. The van der Waals surface area contributed by atoms with Crippen LogP contribution in [0.5, 0.6) is 0 Å². The summed E-state index contributed by atoms with van der Waals surface area (Å²) in [6.45, 7) is 12.2. The van der Waals surface area contributed by atoms with E-state index in [0.717, 1.165) is 13.0 Å². The molecule has 1 aromatic rings. The Balaban J connectivity index is 2.84. The van der Waals surface area contributed by atoms with Crippen molar-refractivity contribution in [1.82, 2.24) is 5.32 Å². The Morgan fingerprint density at radius 1 is 1.12 bits per heavy atom. The third kappa shape index (κ3) is 3.34. The van der Waals surface area contributed by atoms with Crippen LogP contribution in [0.25, 0.3) is 0 Å². The molecule has 0 aliphatic heterocycles. The van der Waals surface area contributed by atoms with Crippen molar-refractivity contribution in [3.8, 4) is 0 Å². The number of rotatable bonds is 5. The fraction of sp³-hybridized carbons (Fsp3) is 0.600. The Morgan fingerprint density at radius 2 is 1.69 bits per heavy atom. The zero-order chi connectivity index (χ0) is 12.1. The normalized spacial score (nSPS) is 13.1. The Kier molecular flexibility index (Phi) is 5.01. The summed E-state index contributed by atoms with van der Waals surface area (Å²) in [7, 11) is 0. The van der Waals surface area contributed by atoms with Crippen LogP contribution < -0.4 is 5.32 Å². The highest BCUT2D eigenvalue weighted by molar-refractivity contribution is 5.34. The zero-order valence-electron chi connectivity index (χ0n) is 11.3. The van der Waals surface area contributed by atoms with Crippen molar-refractivity contribution in [3.05, 3.63) is 34.9 Å². The van der Waals surface area contributed by atoms with E-state index in [9.17, 15) is 0 Å². The van der Waals surface area contributed by atoms with Crippen LogP contribution in [0.15, 0.2) is 18.2 Å². The van der Waals surface area contributed by atoms with Crippen LogP contribution in [-0.4, -0.2) is 12.6 Å². The van der Waals surface area contributed by atoms with Crippen LogP contribution in [-0.2, 0) is 6.42 Å². The third-order valence-electron chi connectivity index (χ3n) is 3.34. The van der Waals surface area contributed by atoms with Crippen molar-refractivity contribution in [1.29, 1.82) is 0 Å². The van der Waals surface area contributed by atoms with Gasteiger partial charge in [0.25, 0.3) is 0 Å². The summed E-state index contributed by atoms with van der Waals surface area (Å²) in [4.78, 5) is 0. The van der Waals surface area contributed by atoms with E-state index in [2.05, 4.69) is 58.1 Å². The second-order valence-corrected chi connectivity index (χ2v) is 4.98. The molecule has 0 saturated heterocycles. The first-order valence-corrected chi connectivity index (χ1v) is 6.34. The van der Waals surface area contributed by atoms with Gasteiger partial charge in [-0.15, -0.1) is 0 Å². The second-order valence-electron chi connectivity index (χ2n) is 4.98. The lowest BCUT2D eigenvalue weighted by atomic mass is 9.91. The van der Waals surface area contributed by atoms with Gasteiger partial charge in [-0.1, -0.05) is 39.0 Å². The fourth-order valence-corrected chi connectivity index (χ4v) is 2.20. The van der Waals surface area contributed by atoms with Crippen LogP contribution in [0.2, 0.25) is 0 Å². The summed E-state index contributed by atoms with van der Waals surface area (Å²) >= 11 is 0. The van der Waals surface area contributed by atoms with Crippen molar-refractivity contribution >= 4 is 0 Å². The fourth-order valence-electron chi connectivity index (χ4n) is 2.20. The van der Waals surface area contributed by atoms with Gasteiger partial charge in [0.2, 0.25) is 0 Å². The topological polar surface area (TPSA) is 12.0 Å². The Labute approximate surface area is 100 Å². The largest absolute Gasteiger partial charge is 0.314 e. The van der Waals surface area contributed by atoms with E-state index in [1.807, 2.05) is 0 Å². The quantitative estimate of drug-likeness (QED) is 0.799. The van der Waals surface area contributed by atoms with Gasteiger partial charge in [0.15, 0.2) is 0 Å². The van der Waals surface area contributed by atoms with Gasteiger partial charge in [0.1, 0.15) is 0 Å². The lowest BCUT2D eigenvalue weighted by molar-refractivity contribution is 0.404. The molecule has 0 spiro atoms. The van der Waals surface area contributed by atoms with Crippen LogP contribution >= 0.6 is 0 Å². The van der Waals surface area contributed by atoms with Crippen LogP contribution in [0.1, 0.15) is 37.5 Å². The van der Waals surface area contributed by atoms with Crippen LogP contribution in [0.3, 0.4) is 0 Å². The third-order valence-corrected chi connectivity index (χ3v) is 3.34. The van der Waals surface area contributed by atoms with E-state index in [4.69, 9.17) is 0 Å². The van der Waals surface area contributed by atoms with E-state index in [1.54, 1.807) is 0 Å². The maximum atomic E-state index is 3.58. The molecule has 0 aliphatic rings. The van der Waals surface area contributed by atoms with E-state index in [0.29, 0.717) is 12.0 Å². The summed E-state index contributed by atoms with van der Waals surface area (Å²) < 4.78 is 0. The van der Waals surface area contributed by atoms with Crippen molar-refractivity contribution in [2.24, 2.45) is 5.92 Å². The first-order valence-electron chi connectivity index (χ1n) is 6.34. The lowest BCUT2D eigenvalue weighted by Gasteiger charge is -2.23. The number of nitrogens with one attached hydrogen (secondary N) is 1. The van der Waals surface area contributed by atoms with Gasteiger partial charge in [0.05, 0.1) is 0 Å². The molecule has 0 aliphatic carbocycles. The Hall–Kier alpha value is -0.820. The average Bonchev–Trinajstić information content (AvgIpc) is 2.21. The van der Waals surface area contributed by atoms with Gasteiger partial charge >= 0.3 is 0 Å². The molecule has 1 N–H and O–H groups in total. The molecule has 90 valence electrons. The standard InChI is InChI=1S/C15H25N/c1-6-16-15(11(2)3)10-14-12(4)8-7-9-13(14)5/h7-9,11,15-16H,6,10H2,1-5H3. The summed E-state index contributed by atoms with van der Waals surface area (Å²) in [6, 6.07) is 7.16. The monoisotopic (exact) mass is 219 g/mol. The van der Waals surface area contributed by atoms with Crippen molar-refractivity contribution in [2.75, 3.05) is 6.54 Å². The number of benzene rings is 1. The molecule has 0 amide bonds. The first-order chi connectivity index (χ1) is 7.56. The van der Waals surface area contributed by atoms with Gasteiger partial charge in [-0.25, -0.2) is 0 Å².